The van der Waals surface area contributed by atoms with Crippen LogP contribution in [0.1, 0.15) is 16.1 Å². The van der Waals surface area contributed by atoms with Gasteiger partial charge in [0.1, 0.15) is 5.82 Å². The van der Waals surface area contributed by atoms with Crippen molar-refractivity contribution in [3.63, 3.8) is 0 Å². The summed E-state index contributed by atoms with van der Waals surface area (Å²) < 4.78 is 19.1. The molecule has 0 amide bonds. The van der Waals surface area contributed by atoms with Gasteiger partial charge in [0.05, 0.1) is 25.5 Å². The van der Waals surface area contributed by atoms with Crippen molar-refractivity contribution >= 4 is 11.7 Å². The lowest BCUT2D eigenvalue weighted by Gasteiger charge is -2.06. The lowest BCUT2D eigenvalue weighted by molar-refractivity contribution is 0.0588. The van der Waals surface area contributed by atoms with Crippen molar-refractivity contribution < 1.29 is 13.9 Å². The molecule has 5 nitrogen and oxygen atoms in total. The average molecular weight is 249 g/mol. The summed E-state index contributed by atoms with van der Waals surface area (Å²) in [5.41, 5.74) is 6.73. The summed E-state index contributed by atoms with van der Waals surface area (Å²) in [5, 5.41) is 3.98. The molecule has 0 atom stereocenters. The Bertz CT molecular complexity index is 580. The first-order chi connectivity index (χ1) is 8.61. The molecule has 6 heteroatoms. The number of nitrogens with zero attached hydrogens (tertiary/aromatic N) is 2. The maximum absolute atomic E-state index is 13.1. The summed E-state index contributed by atoms with van der Waals surface area (Å²) in [7, 11) is 1.27. The number of benzene rings is 1. The number of anilines is 1. The van der Waals surface area contributed by atoms with Gasteiger partial charge in [0.2, 0.25) is 0 Å². The Hall–Kier alpha value is -2.37. The third-order valence-electron chi connectivity index (χ3n) is 2.47. The minimum Gasteiger partial charge on any atom is -0.464 e. The van der Waals surface area contributed by atoms with Crippen molar-refractivity contribution in [1.29, 1.82) is 0 Å². The molecule has 0 aliphatic heterocycles. The predicted molar refractivity (Wildman–Crippen MR) is 63.5 cm³/mol. The van der Waals surface area contributed by atoms with Crippen molar-refractivity contribution in [2.24, 2.45) is 0 Å². The molecular weight excluding hydrogens is 237 g/mol. The summed E-state index contributed by atoms with van der Waals surface area (Å²) >= 11 is 0. The van der Waals surface area contributed by atoms with E-state index in [0.717, 1.165) is 0 Å². The van der Waals surface area contributed by atoms with Crippen LogP contribution in [0.2, 0.25) is 0 Å². The lowest BCUT2D eigenvalue weighted by atomic mass is 10.2. The van der Waals surface area contributed by atoms with E-state index in [0.29, 0.717) is 5.56 Å². The number of ether oxygens (including phenoxy) is 1. The second-order valence-electron chi connectivity index (χ2n) is 3.73. The van der Waals surface area contributed by atoms with Gasteiger partial charge in [-0.05, 0) is 17.7 Å². The van der Waals surface area contributed by atoms with Crippen LogP contribution in [-0.2, 0) is 11.3 Å². The van der Waals surface area contributed by atoms with Crippen LogP contribution in [0.25, 0.3) is 0 Å². The van der Waals surface area contributed by atoms with Gasteiger partial charge in [0.15, 0.2) is 5.69 Å². The number of halogens is 1. The fourth-order valence-electron chi connectivity index (χ4n) is 1.65. The van der Waals surface area contributed by atoms with E-state index in [9.17, 15) is 9.18 Å². The number of aromatic nitrogens is 2. The van der Waals surface area contributed by atoms with E-state index in [2.05, 4.69) is 9.84 Å². The van der Waals surface area contributed by atoms with Crippen LogP contribution in [0.4, 0.5) is 10.1 Å². The zero-order chi connectivity index (χ0) is 13.1. The molecule has 18 heavy (non-hydrogen) atoms. The molecule has 1 heterocycles. The second kappa shape index (κ2) is 4.87. The molecule has 0 radical (unpaired) electrons. The van der Waals surface area contributed by atoms with E-state index >= 15 is 0 Å². The van der Waals surface area contributed by atoms with Crippen LogP contribution in [0.3, 0.4) is 0 Å². The molecule has 0 saturated carbocycles. The third kappa shape index (κ3) is 2.32. The average Bonchev–Trinajstić information content (AvgIpc) is 2.70. The van der Waals surface area contributed by atoms with E-state index < -0.39 is 5.97 Å². The van der Waals surface area contributed by atoms with E-state index in [1.165, 1.54) is 30.1 Å². The Balaban J connectivity index is 2.32. The Morgan fingerprint density at radius 1 is 1.56 bits per heavy atom. The lowest BCUT2D eigenvalue weighted by Crippen LogP contribution is -2.14. The quantitative estimate of drug-likeness (QED) is 0.835. The molecule has 0 aliphatic carbocycles. The van der Waals surface area contributed by atoms with Crippen LogP contribution in [0.15, 0.2) is 30.5 Å². The van der Waals surface area contributed by atoms with Gasteiger partial charge < -0.3 is 10.5 Å². The predicted octanol–water partition coefficient (Wildman–Crippen LogP) is 1.44. The van der Waals surface area contributed by atoms with Crippen LogP contribution < -0.4 is 5.73 Å². The highest BCUT2D eigenvalue weighted by Crippen LogP contribution is 2.14. The molecule has 0 spiro atoms. The minimum atomic E-state index is -0.568. The topological polar surface area (TPSA) is 70.1 Å². The largest absolute Gasteiger partial charge is 0.464 e. The second-order valence-corrected chi connectivity index (χ2v) is 3.73. The molecule has 0 aliphatic rings. The SMILES string of the molecule is COC(=O)c1c(N)cnn1Cc1cccc(F)c1. The number of esters is 1. The number of nitrogen functional groups attached to an aromatic ring is 1. The molecule has 0 saturated heterocycles. The maximum atomic E-state index is 13.1. The van der Waals surface area contributed by atoms with E-state index in [4.69, 9.17) is 5.73 Å². The number of rotatable bonds is 3. The van der Waals surface area contributed by atoms with Gasteiger partial charge in [-0.2, -0.15) is 5.10 Å². The molecule has 2 N–H and O–H groups in total. The number of carbonyl (C=O) groups excluding carboxylic acids is 1. The molecular formula is C12H12FN3O2. The molecule has 2 aromatic rings. The molecule has 1 aromatic carbocycles. The van der Waals surface area contributed by atoms with Gasteiger partial charge in [0, 0.05) is 0 Å². The van der Waals surface area contributed by atoms with Gasteiger partial charge in [-0.1, -0.05) is 12.1 Å². The van der Waals surface area contributed by atoms with Crippen LogP contribution in [0, 0.1) is 5.82 Å². The molecule has 1 aromatic heterocycles. The van der Waals surface area contributed by atoms with Crippen molar-refractivity contribution in [1.82, 2.24) is 9.78 Å². The van der Waals surface area contributed by atoms with Gasteiger partial charge in [-0.25, -0.2) is 9.18 Å². The summed E-state index contributed by atoms with van der Waals surface area (Å²) in [6.45, 7) is 0.249. The Morgan fingerprint density at radius 3 is 3.00 bits per heavy atom. The fraction of sp³-hybridized carbons (Fsp3) is 0.167. The van der Waals surface area contributed by atoms with Gasteiger partial charge in [0.25, 0.3) is 0 Å². The summed E-state index contributed by atoms with van der Waals surface area (Å²) in [6, 6.07) is 6.05. The van der Waals surface area contributed by atoms with Crippen molar-refractivity contribution in [3.05, 3.63) is 47.5 Å². The minimum absolute atomic E-state index is 0.168. The first-order valence-electron chi connectivity index (χ1n) is 5.26. The zero-order valence-corrected chi connectivity index (χ0v) is 9.76. The highest BCUT2D eigenvalue weighted by Gasteiger charge is 2.17. The normalized spacial score (nSPS) is 10.3. The first-order valence-corrected chi connectivity index (χ1v) is 5.26. The number of carbonyl (C=O) groups is 1. The van der Waals surface area contributed by atoms with Crippen LogP contribution in [0.5, 0.6) is 0 Å². The van der Waals surface area contributed by atoms with Crippen LogP contribution >= 0.6 is 0 Å². The molecule has 2 rings (SSSR count). The Kier molecular flexibility index (Phi) is 3.27. The molecule has 0 fully saturated rings. The van der Waals surface area contributed by atoms with E-state index in [1.54, 1.807) is 12.1 Å². The molecule has 0 unspecified atom stereocenters. The number of methoxy groups -OCH3 is 1. The number of hydrogen-bond donors (Lipinski definition) is 1. The van der Waals surface area contributed by atoms with Crippen molar-refractivity contribution in [2.75, 3.05) is 12.8 Å². The van der Waals surface area contributed by atoms with Gasteiger partial charge in [-0.15, -0.1) is 0 Å². The van der Waals surface area contributed by atoms with Crippen molar-refractivity contribution in [2.45, 2.75) is 6.54 Å². The molecule has 0 bridgehead atoms. The third-order valence-corrected chi connectivity index (χ3v) is 2.47. The van der Waals surface area contributed by atoms with Gasteiger partial charge >= 0.3 is 5.97 Å². The Morgan fingerprint density at radius 2 is 2.33 bits per heavy atom. The standard InChI is InChI=1S/C12H12FN3O2/c1-18-12(17)11-10(14)6-15-16(11)7-8-3-2-4-9(13)5-8/h2-6H,7,14H2,1H3. The highest BCUT2D eigenvalue weighted by molar-refractivity contribution is 5.92. The number of nitrogens with two attached hydrogens (primary N) is 1. The Labute approximate surface area is 103 Å². The summed E-state index contributed by atoms with van der Waals surface area (Å²) in [4.78, 5) is 11.5. The maximum Gasteiger partial charge on any atom is 0.358 e. The van der Waals surface area contributed by atoms with Gasteiger partial charge in [-0.3, -0.25) is 4.68 Å². The van der Waals surface area contributed by atoms with E-state index in [-0.39, 0.29) is 23.7 Å². The summed E-state index contributed by atoms with van der Waals surface area (Å²) in [5.74, 6) is -0.909. The zero-order valence-electron chi connectivity index (χ0n) is 9.76. The smallest absolute Gasteiger partial charge is 0.358 e. The van der Waals surface area contributed by atoms with Crippen LogP contribution in [-0.4, -0.2) is 22.9 Å². The first kappa shape index (κ1) is 12.1. The van der Waals surface area contributed by atoms with E-state index in [1.807, 2.05) is 0 Å². The monoisotopic (exact) mass is 249 g/mol. The molecule has 94 valence electrons. The number of hydrogen-bond acceptors (Lipinski definition) is 4. The van der Waals surface area contributed by atoms with Crippen molar-refractivity contribution in [3.8, 4) is 0 Å². The highest BCUT2D eigenvalue weighted by atomic mass is 19.1. The summed E-state index contributed by atoms with van der Waals surface area (Å²) in [6.07, 6.45) is 1.37. The fourth-order valence-corrected chi connectivity index (χ4v) is 1.65.